The standard InChI is InChI=1S/C12H16Cl2N4O/c1-11(7-12(11,13)14)10(19)17(2)6-9-16-15-8-4-3-5-18(8)9/h3-7H2,1-2H3/t11-/m1/s1. The number of aromatic nitrogens is 3. The van der Waals surface area contributed by atoms with E-state index in [0.29, 0.717) is 13.0 Å². The molecular weight excluding hydrogens is 287 g/mol. The predicted octanol–water partition coefficient (Wildman–Crippen LogP) is 1.77. The Bertz CT molecular complexity index is 542. The fourth-order valence-corrected chi connectivity index (χ4v) is 3.36. The highest BCUT2D eigenvalue weighted by molar-refractivity contribution is 6.53. The van der Waals surface area contributed by atoms with Crippen molar-refractivity contribution in [1.29, 1.82) is 0 Å². The first-order valence-electron chi connectivity index (χ1n) is 6.39. The molecule has 1 fully saturated rings. The molecule has 1 saturated carbocycles. The van der Waals surface area contributed by atoms with Gasteiger partial charge in [0.25, 0.3) is 0 Å². The molecule has 1 aromatic rings. The second kappa shape index (κ2) is 4.09. The van der Waals surface area contributed by atoms with Gasteiger partial charge in [0.1, 0.15) is 10.2 Å². The summed E-state index contributed by atoms with van der Waals surface area (Å²) in [4.78, 5) is 14.0. The Hall–Kier alpha value is -0.810. The summed E-state index contributed by atoms with van der Waals surface area (Å²) in [5.41, 5.74) is -0.668. The molecule has 104 valence electrons. The van der Waals surface area contributed by atoms with E-state index in [1.165, 1.54) is 0 Å². The molecule has 19 heavy (non-hydrogen) atoms. The fourth-order valence-electron chi connectivity index (χ4n) is 2.66. The van der Waals surface area contributed by atoms with Crippen molar-refractivity contribution in [2.75, 3.05) is 7.05 Å². The summed E-state index contributed by atoms with van der Waals surface area (Å²) < 4.78 is 1.17. The van der Waals surface area contributed by atoms with Crippen LogP contribution in [0.5, 0.6) is 0 Å². The lowest BCUT2D eigenvalue weighted by molar-refractivity contribution is -0.135. The van der Waals surface area contributed by atoms with E-state index in [4.69, 9.17) is 23.2 Å². The maximum atomic E-state index is 12.4. The van der Waals surface area contributed by atoms with Gasteiger partial charge in [0.2, 0.25) is 5.91 Å². The Kier molecular flexibility index (Phi) is 2.84. The second-order valence-electron chi connectivity index (χ2n) is 5.66. The van der Waals surface area contributed by atoms with Crippen LogP contribution >= 0.6 is 23.2 Å². The normalized spacial score (nSPS) is 27.2. The van der Waals surface area contributed by atoms with Crippen LogP contribution in [0.4, 0.5) is 0 Å². The van der Waals surface area contributed by atoms with Crippen molar-refractivity contribution in [2.24, 2.45) is 5.41 Å². The van der Waals surface area contributed by atoms with Gasteiger partial charge in [-0.3, -0.25) is 4.79 Å². The number of amides is 1. The summed E-state index contributed by atoms with van der Waals surface area (Å²) in [6.45, 7) is 3.19. The lowest BCUT2D eigenvalue weighted by Crippen LogP contribution is -2.35. The topological polar surface area (TPSA) is 51.0 Å². The van der Waals surface area contributed by atoms with E-state index >= 15 is 0 Å². The molecule has 0 unspecified atom stereocenters. The highest BCUT2D eigenvalue weighted by atomic mass is 35.5. The Morgan fingerprint density at radius 1 is 1.47 bits per heavy atom. The van der Waals surface area contributed by atoms with E-state index in [-0.39, 0.29) is 5.91 Å². The number of carbonyl (C=O) groups is 1. The van der Waals surface area contributed by atoms with Crippen LogP contribution in [-0.4, -0.2) is 37.0 Å². The molecule has 5 nitrogen and oxygen atoms in total. The van der Waals surface area contributed by atoms with Crippen molar-refractivity contribution in [3.63, 3.8) is 0 Å². The summed E-state index contributed by atoms with van der Waals surface area (Å²) >= 11 is 12.1. The minimum atomic E-state index is -0.925. The molecule has 7 heteroatoms. The molecule has 2 aliphatic rings. The smallest absolute Gasteiger partial charge is 0.231 e. The van der Waals surface area contributed by atoms with Crippen molar-refractivity contribution >= 4 is 29.1 Å². The van der Waals surface area contributed by atoms with Gasteiger partial charge in [0, 0.05) is 20.0 Å². The first kappa shape index (κ1) is 13.2. The molecule has 0 saturated heterocycles. The van der Waals surface area contributed by atoms with Gasteiger partial charge >= 0.3 is 0 Å². The van der Waals surface area contributed by atoms with Gasteiger partial charge in [-0.1, -0.05) is 0 Å². The average molecular weight is 303 g/mol. The third-order valence-corrected chi connectivity index (χ3v) is 5.24. The molecule has 0 aromatic carbocycles. The van der Waals surface area contributed by atoms with Crippen LogP contribution in [0.2, 0.25) is 0 Å². The van der Waals surface area contributed by atoms with Crippen molar-refractivity contribution in [2.45, 2.75) is 43.6 Å². The number of rotatable bonds is 3. The third-order valence-electron chi connectivity index (χ3n) is 4.14. The molecule has 0 spiro atoms. The molecule has 1 atom stereocenters. The average Bonchev–Trinajstić information content (AvgIpc) is 2.77. The van der Waals surface area contributed by atoms with Crippen LogP contribution in [0.15, 0.2) is 0 Å². The number of aryl methyl sites for hydroxylation is 1. The monoisotopic (exact) mass is 302 g/mol. The van der Waals surface area contributed by atoms with Crippen molar-refractivity contribution in [1.82, 2.24) is 19.7 Å². The van der Waals surface area contributed by atoms with Gasteiger partial charge in [-0.25, -0.2) is 0 Å². The molecule has 0 bridgehead atoms. The Balaban J connectivity index is 1.72. The fraction of sp³-hybridized carbons (Fsp3) is 0.750. The Morgan fingerprint density at radius 2 is 2.16 bits per heavy atom. The number of alkyl halides is 2. The van der Waals surface area contributed by atoms with Gasteiger partial charge in [-0.05, 0) is 19.8 Å². The quantitative estimate of drug-likeness (QED) is 0.800. The summed E-state index contributed by atoms with van der Waals surface area (Å²) in [5.74, 6) is 1.81. The lowest BCUT2D eigenvalue weighted by atomic mass is 10.1. The van der Waals surface area contributed by atoms with E-state index in [9.17, 15) is 4.79 Å². The second-order valence-corrected chi connectivity index (χ2v) is 7.15. The molecule has 3 rings (SSSR count). The van der Waals surface area contributed by atoms with Crippen molar-refractivity contribution in [3.8, 4) is 0 Å². The van der Waals surface area contributed by atoms with Gasteiger partial charge in [0.15, 0.2) is 5.82 Å². The number of fused-ring (bicyclic) bond motifs is 1. The van der Waals surface area contributed by atoms with Crippen molar-refractivity contribution in [3.05, 3.63) is 11.6 Å². The third kappa shape index (κ3) is 1.94. The zero-order chi connectivity index (χ0) is 13.8. The molecule has 0 N–H and O–H groups in total. The lowest BCUT2D eigenvalue weighted by Gasteiger charge is -2.21. The van der Waals surface area contributed by atoms with E-state index < -0.39 is 9.75 Å². The minimum absolute atomic E-state index is 0.0344. The Morgan fingerprint density at radius 3 is 2.79 bits per heavy atom. The molecule has 0 radical (unpaired) electrons. The number of nitrogens with zero attached hydrogens (tertiary/aromatic N) is 4. The number of hydrogen-bond donors (Lipinski definition) is 0. The van der Waals surface area contributed by atoms with Crippen LogP contribution in [0.1, 0.15) is 31.4 Å². The molecular formula is C12H16Cl2N4O. The van der Waals surface area contributed by atoms with E-state index in [1.54, 1.807) is 18.9 Å². The van der Waals surface area contributed by atoms with Gasteiger partial charge < -0.3 is 9.47 Å². The van der Waals surface area contributed by atoms with Crippen LogP contribution in [-0.2, 0) is 24.3 Å². The highest BCUT2D eigenvalue weighted by Gasteiger charge is 2.68. The number of carbonyl (C=O) groups excluding carboxylic acids is 1. The first-order valence-corrected chi connectivity index (χ1v) is 7.15. The van der Waals surface area contributed by atoms with E-state index in [2.05, 4.69) is 14.8 Å². The number of halogens is 2. The largest absolute Gasteiger partial charge is 0.338 e. The molecule has 1 aromatic heterocycles. The maximum absolute atomic E-state index is 12.4. The highest BCUT2D eigenvalue weighted by Crippen LogP contribution is 2.64. The van der Waals surface area contributed by atoms with Crippen LogP contribution in [0.3, 0.4) is 0 Å². The predicted molar refractivity (Wildman–Crippen MR) is 72.0 cm³/mol. The summed E-state index contributed by atoms with van der Waals surface area (Å²) in [5, 5.41) is 8.29. The Labute approximate surface area is 121 Å². The maximum Gasteiger partial charge on any atom is 0.231 e. The van der Waals surface area contributed by atoms with E-state index in [1.807, 2.05) is 0 Å². The molecule has 2 heterocycles. The molecule has 1 aliphatic heterocycles. The molecule has 1 amide bonds. The van der Waals surface area contributed by atoms with Gasteiger partial charge in [-0.2, -0.15) is 0 Å². The summed E-state index contributed by atoms with van der Waals surface area (Å²) in [7, 11) is 1.76. The van der Waals surface area contributed by atoms with Crippen LogP contribution in [0.25, 0.3) is 0 Å². The molecule has 1 aliphatic carbocycles. The minimum Gasteiger partial charge on any atom is -0.338 e. The van der Waals surface area contributed by atoms with Gasteiger partial charge in [-0.15, -0.1) is 33.4 Å². The van der Waals surface area contributed by atoms with Crippen molar-refractivity contribution < 1.29 is 4.79 Å². The van der Waals surface area contributed by atoms with Gasteiger partial charge in [0.05, 0.1) is 12.0 Å². The number of hydrogen-bond acceptors (Lipinski definition) is 3. The zero-order valence-corrected chi connectivity index (χ0v) is 12.5. The summed E-state index contributed by atoms with van der Waals surface area (Å²) in [6, 6.07) is 0. The van der Waals surface area contributed by atoms with E-state index in [0.717, 1.165) is 31.0 Å². The zero-order valence-electron chi connectivity index (χ0n) is 11.0. The SMILES string of the molecule is CN(Cc1nnc2n1CCC2)C(=O)[C@@]1(C)CC1(Cl)Cl. The van der Waals surface area contributed by atoms with Crippen LogP contribution < -0.4 is 0 Å². The van der Waals surface area contributed by atoms with Crippen LogP contribution in [0, 0.1) is 5.41 Å². The first-order chi connectivity index (χ1) is 8.85. The summed E-state index contributed by atoms with van der Waals surface area (Å²) in [6.07, 6.45) is 2.57.